The predicted octanol–water partition coefficient (Wildman–Crippen LogP) is 19.6. The molecule has 6 nitrogen and oxygen atoms in total. The van der Waals surface area contributed by atoms with Crippen molar-refractivity contribution in [1.29, 1.82) is 0 Å². The molecule has 0 radical (unpaired) electrons. The first kappa shape index (κ1) is 68.1. The molecule has 0 aromatic heterocycles. The van der Waals surface area contributed by atoms with E-state index in [0.717, 1.165) is 70.6 Å². The van der Waals surface area contributed by atoms with Crippen molar-refractivity contribution in [2.75, 3.05) is 13.2 Å². The SMILES string of the molecule is CCCCCCCCC/C=C\CCCCCCCCCC(=O)OCCCCCC/C=C\CCCCCCCCCC(=O)NC(CO)C(O)/C=C/CCCCCCCCCCCCCCCCCCCC. The summed E-state index contributed by atoms with van der Waals surface area (Å²) in [6.45, 7) is 4.88. The first-order valence-electron chi connectivity index (χ1n) is 31.3. The molecule has 3 N–H and O–H groups in total. The minimum absolute atomic E-state index is 0.0138. The number of carbonyl (C=O) groups excluding carboxylic acids is 2. The van der Waals surface area contributed by atoms with Crippen molar-refractivity contribution in [3.63, 3.8) is 0 Å². The summed E-state index contributed by atoms with van der Waals surface area (Å²) < 4.78 is 5.48. The fourth-order valence-corrected chi connectivity index (χ4v) is 9.57. The Hall–Kier alpha value is -1.92. The van der Waals surface area contributed by atoms with Gasteiger partial charge >= 0.3 is 5.97 Å². The van der Waals surface area contributed by atoms with E-state index in [2.05, 4.69) is 43.5 Å². The number of unbranched alkanes of at least 4 members (excludes halogenated alkanes) is 43. The molecule has 0 aliphatic carbocycles. The van der Waals surface area contributed by atoms with Crippen molar-refractivity contribution in [2.24, 2.45) is 0 Å². The van der Waals surface area contributed by atoms with Gasteiger partial charge in [-0.2, -0.15) is 0 Å². The number of ether oxygens (including phenoxy) is 1. The molecule has 0 aromatic carbocycles. The summed E-state index contributed by atoms with van der Waals surface area (Å²) in [6, 6.07) is -0.641. The zero-order valence-corrected chi connectivity index (χ0v) is 47.0. The van der Waals surface area contributed by atoms with Crippen LogP contribution in [0, 0.1) is 0 Å². The van der Waals surface area contributed by atoms with E-state index >= 15 is 0 Å². The predicted molar refractivity (Wildman–Crippen MR) is 306 cm³/mol. The molecule has 2 atom stereocenters. The number of hydrogen-bond donors (Lipinski definition) is 3. The molecule has 0 fully saturated rings. The number of allylic oxidation sites excluding steroid dienone is 5. The molecule has 70 heavy (non-hydrogen) atoms. The van der Waals surface area contributed by atoms with E-state index in [9.17, 15) is 19.8 Å². The summed E-state index contributed by atoms with van der Waals surface area (Å²) in [6.07, 6.45) is 74.6. The highest BCUT2D eigenvalue weighted by atomic mass is 16.5. The maximum atomic E-state index is 12.5. The normalized spacial score (nSPS) is 12.8. The van der Waals surface area contributed by atoms with E-state index in [0.29, 0.717) is 19.4 Å². The first-order chi connectivity index (χ1) is 34.5. The number of esters is 1. The Labute approximate surface area is 436 Å². The largest absolute Gasteiger partial charge is 0.466 e. The standard InChI is InChI=1S/C64H121NO5/c1-3-5-7-9-11-13-15-17-19-21-23-24-25-28-32-36-40-44-48-52-56-62(67)61(60-66)65-63(68)57-53-49-45-41-37-33-29-27-31-35-39-43-47-51-55-59-70-64(69)58-54-50-46-42-38-34-30-26-22-20-18-16-14-12-10-8-6-4-2/h20,22,31,35,52,56,61-62,66-67H,3-19,21,23-30,32-34,36-51,53-55,57-60H2,1-2H3,(H,65,68)/b22-20-,35-31-,56-52+. The molecule has 0 saturated heterocycles. The van der Waals surface area contributed by atoms with Gasteiger partial charge in [-0.05, 0) is 83.5 Å². The van der Waals surface area contributed by atoms with Crippen LogP contribution in [0.25, 0.3) is 0 Å². The molecule has 0 bridgehead atoms. The number of carbonyl (C=O) groups is 2. The highest BCUT2D eigenvalue weighted by molar-refractivity contribution is 5.76. The molecule has 0 saturated carbocycles. The van der Waals surface area contributed by atoms with E-state index in [1.54, 1.807) is 6.08 Å². The zero-order chi connectivity index (χ0) is 50.7. The summed E-state index contributed by atoms with van der Waals surface area (Å²) in [5, 5.41) is 23.2. The molecule has 0 aliphatic heterocycles. The van der Waals surface area contributed by atoms with Gasteiger partial charge in [0.15, 0.2) is 0 Å². The van der Waals surface area contributed by atoms with Crippen molar-refractivity contribution in [3.8, 4) is 0 Å². The van der Waals surface area contributed by atoms with Crippen molar-refractivity contribution in [3.05, 3.63) is 36.5 Å². The third-order valence-electron chi connectivity index (χ3n) is 14.4. The molecule has 0 aliphatic rings. The lowest BCUT2D eigenvalue weighted by molar-refractivity contribution is -0.143. The Balaban J connectivity index is 3.49. The second-order valence-corrected chi connectivity index (χ2v) is 21.4. The van der Waals surface area contributed by atoms with Gasteiger partial charge < -0.3 is 20.3 Å². The number of hydrogen-bond acceptors (Lipinski definition) is 5. The lowest BCUT2D eigenvalue weighted by Gasteiger charge is -2.20. The Bertz CT molecular complexity index is 1130. The van der Waals surface area contributed by atoms with E-state index < -0.39 is 12.1 Å². The van der Waals surface area contributed by atoms with Crippen LogP contribution >= 0.6 is 0 Å². The summed E-state index contributed by atoms with van der Waals surface area (Å²) in [5.74, 6) is -0.0949. The van der Waals surface area contributed by atoms with Gasteiger partial charge in [0.2, 0.25) is 5.91 Å². The van der Waals surface area contributed by atoms with Crippen LogP contribution in [0.4, 0.5) is 0 Å². The van der Waals surface area contributed by atoms with Crippen LogP contribution in [0.5, 0.6) is 0 Å². The Kier molecular flexibility index (Phi) is 58.0. The van der Waals surface area contributed by atoms with Gasteiger partial charge in [0.05, 0.1) is 25.4 Å². The third-order valence-corrected chi connectivity index (χ3v) is 14.4. The molecule has 412 valence electrons. The molecular formula is C64H121NO5. The summed E-state index contributed by atoms with van der Waals surface area (Å²) in [5.41, 5.74) is 0. The van der Waals surface area contributed by atoms with Crippen LogP contribution in [0.1, 0.15) is 335 Å². The van der Waals surface area contributed by atoms with E-state index in [1.165, 1.54) is 238 Å². The van der Waals surface area contributed by atoms with Crippen molar-refractivity contribution in [2.45, 2.75) is 347 Å². The van der Waals surface area contributed by atoms with E-state index in [4.69, 9.17) is 4.74 Å². The van der Waals surface area contributed by atoms with Crippen LogP contribution in [-0.4, -0.2) is 47.4 Å². The van der Waals surface area contributed by atoms with Crippen LogP contribution < -0.4 is 5.32 Å². The monoisotopic (exact) mass is 984 g/mol. The molecule has 0 heterocycles. The number of aliphatic hydroxyl groups is 2. The van der Waals surface area contributed by atoms with Gasteiger partial charge in [0.1, 0.15) is 0 Å². The van der Waals surface area contributed by atoms with Crippen LogP contribution in [0.2, 0.25) is 0 Å². The Morgan fingerprint density at radius 1 is 0.386 bits per heavy atom. The van der Waals surface area contributed by atoms with Gasteiger partial charge in [0, 0.05) is 12.8 Å². The molecule has 0 rings (SSSR count). The molecule has 0 aromatic rings. The second-order valence-electron chi connectivity index (χ2n) is 21.4. The molecule has 1 amide bonds. The number of nitrogens with one attached hydrogen (secondary N) is 1. The third kappa shape index (κ3) is 55.4. The minimum atomic E-state index is -0.856. The van der Waals surface area contributed by atoms with Gasteiger partial charge in [-0.3, -0.25) is 9.59 Å². The van der Waals surface area contributed by atoms with Crippen LogP contribution in [0.15, 0.2) is 36.5 Å². The first-order valence-corrected chi connectivity index (χ1v) is 31.3. The average molecular weight is 985 g/mol. The van der Waals surface area contributed by atoms with Crippen molar-refractivity contribution in [1.82, 2.24) is 5.32 Å². The molecule has 2 unspecified atom stereocenters. The Morgan fingerprint density at radius 3 is 1.01 bits per heavy atom. The fourth-order valence-electron chi connectivity index (χ4n) is 9.57. The smallest absolute Gasteiger partial charge is 0.305 e. The molecule has 0 spiro atoms. The number of amides is 1. The van der Waals surface area contributed by atoms with Gasteiger partial charge in [0.25, 0.3) is 0 Å². The van der Waals surface area contributed by atoms with E-state index in [1.807, 2.05) is 6.08 Å². The maximum Gasteiger partial charge on any atom is 0.305 e. The minimum Gasteiger partial charge on any atom is -0.466 e. The second kappa shape index (κ2) is 59.6. The maximum absolute atomic E-state index is 12.5. The number of rotatable bonds is 58. The van der Waals surface area contributed by atoms with Crippen LogP contribution in [-0.2, 0) is 14.3 Å². The van der Waals surface area contributed by atoms with Gasteiger partial charge in [-0.25, -0.2) is 0 Å². The van der Waals surface area contributed by atoms with Crippen LogP contribution in [0.3, 0.4) is 0 Å². The molecular weight excluding hydrogens is 863 g/mol. The summed E-state index contributed by atoms with van der Waals surface area (Å²) >= 11 is 0. The quantitative estimate of drug-likeness (QED) is 0.0321. The highest BCUT2D eigenvalue weighted by Crippen LogP contribution is 2.17. The summed E-state index contributed by atoms with van der Waals surface area (Å²) in [4.78, 5) is 24.6. The topological polar surface area (TPSA) is 95.9 Å². The average Bonchev–Trinajstić information content (AvgIpc) is 3.36. The van der Waals surface area contributed by atoms with Crippen molar-refractivity contribution < 1.29 is 24.5 Å². The summed E-state index contributed by atoms with van der Waals surface area (Å²) in [7, 11) is 0. The molecule has 6 heteroatoms. The van der Waals surface area contributed by atoms with Crippen molar-refractivity contribution >= 4 is 11.9 Å². The number of aliphatic hydroxyl groups excluding tert-OH is 2. The van der Waals surface area contributed by atoms with E-state index in [-0.39, 0.29) is 18.5 Å². The van der Waals surface area contributed by atoms with Gasteiger partial charge in [-0.1, -0.05) is 275 Å². The lowest BCUT2D eigenvalue weighted by atomic mass is 10.0. The highest BCUT2D eigenvalue weighted by Gasteiger charge is 2.18. The lowest BCUT2D eigenvalue weighted by Crippen LogP contribution is -2.45. The Morgan fingerprint density at radius 2 is 0.671 bits per heavy atom. The van der Waals surface area contributed by atoms with Gasteiger partial charge in [-0.15, -0.1) is 0 Å². The fraction of sp³-hybridized carbons (Fsp3) is 0.875. The zero-order valence-electron chi connectivity index (χ0n) is 47.0.